The number of carbonyl (C=O) groups excluding carboxylic acids is 1. The highest BCUT2D eigenvalue weighted by Gasteiger charge is 2.43. The largest absolute Gasteiger partial charge is 0.466 e. The zero-order valence-corrected chi connectivity index (χ0v) is 10.7. The van der Waals surface area contributed by atoms with Gasteiger partial charge in [-0.15, -0.1) is 0 Å². The minimum atomic E-state index is -4.80. The fourth-order valence-corrected chi connectivity index (χ4v) is 1.61. The van der Waals surface area contributed by atoms with E-state index in [0.717, 1.165) is 6.20 Å². The number of esters is 1. The molecule has 114 valence electrons. The molecule has 20 heavy (non-hydrogen) atoms. The molecule has 4 nitrogen and oxygen atoms in total. The average molecular weight is 300 g/mol. The predicted octanol–water partition coefficient (Wildman–Crippen LogP) is 3.19. The number of hydrogen-bond acceptors (Lipinski definition) is 3. The van der Waals surface area contributed by atoms with Crippen LogP contribution in [0, 0.1) is 6.92 Å². The standard InChI is InChI=1S/C11H13F5N2O2/c1-3-20-8(19)4-7(11(14,15)16)18-5-6(2)9(17-18)10(12)13/h5,7,10H,3-4H2,1-2H3. The smallest absolute Gasteiger partial charge is 0.411 e. The fourth-order valence-electron chi connectivity index (χ4n) is 1.61. The van der Waals surface area contributed by atoms with Crippen molar-refractivity contribution in [2.24, 2.45) is 0 Å². The maximum Gasteiger partial charge on any atom is 0.411 e. The zero-order chi connectivity index (χ0) is 15.5. The molecule has 0 fully saturated rings. The Labute approximate surface area is 111 Å². The van der Waals surface area contributed by atoms with Crippen LogP contribution < -0.4 is 0 Å². The van der Waals surface area contributed by atoms with Crippen LogP contribution in [0.3, 0.4) is 0 Å². The Kier molecular flexibility index (Phi) is 5.07. The van der Waals surface area contributed by atoms with E-state index in [-0.39, 0.29) is 12.2 Å². The van der Waals surface area contributed by atoms with Gasteiger partial charge in [0.2, 0.25) is 0 Å². The molecule has 0 spiro atoms. The van der Waals surface area contributed by atoms with E-state index in [9.17, 15) is 26.7 Å². The van der Waals surface area contributed by atoms with Crippen LogP contribution in [0.25, 0.3) is 0 Å². The van der Waals surface area contributed by atoms with Crippen molar-refractivity contribution >= 4 is 5.97 Å². The minimum absolute atomic E-state index is 0.0656. The highest BCUT2D eigenvalue weighted by molar-refractivity contribution is 5.70. The van der Waals surface area contributed by atoms with E-state index in [0.29, 0.717) is 4.68 Å². The lowest BCUT2D eigenvalue weighted by molar-refractivity contribution is -0.181. The lowest BCUT2D eigenvalue weighted by atomic mass is 10.2. The Morgan fingerprint density at radius 2 is 2.05 bits per heavy atom. The maximum absolute atomic E-state index is 12.9. The number of ether oxygens (including phenoxy) is 1. The summed E-state index contributed by atoms with van der Waals surface area (Å²) in [7, 11) is 0. The summed E-state index contributed by atoms with van der Waals surface area (Å²) in [5, 5.41) is 3.23. The average Bonchev–Trinajstić information content (AvgIpc) is 2.66. The fraction of sp³-hybridized carbons (Fsp3) is 0.636. The highest BCUT2D eigenvalue weighted by Crippen LogP contribution is 2.34. The first kappa shape index (κ1) is 16.4. The van der Waals surface area contributed by atoms with Gasteiger partial charge in [0.1, 0.15) is 5.69 Å². The second kappa shape index (κ2) is 6.19. The zero-order valence-electron chi connectivity index (χ0n) is 10.7. The molecule has 9 heteroatoms. The molecule has 0 radical (unpaired) electrons. The van der Waals surface area contributed by atoms with Crippen LogP contribution in [0.15, 0.2) is 6.20 Å². The molecule has 0 N–H and O–H groups in total. The summed E-state index contributed by atoms with van der Waals surface area (Å²) in [5.41, 5.74) is -0.804. The molecule has 1 atom stereocenters. The van der Waals surface area contributed by atoms with Gasteiger partial charge in [-0.05, 0) is 19.4 Å². The normalized spacial score (nSPS) is 13.6. The third kappa shape index (κ3) is 3.91. The van der Waals surface area contributed by atoms with E-state index < -0.39 is 36.7 Å². The molecule has 1 heterocycles. The van der Waals surface area contributed by atoms with Gasteiger partial charge in [-0.3, -0.25) is 9.48 Å². The van der Waals surface area contributed by atoms with Crippen LogP contribution >= 0.6 is 0 Å². The highest BCUT2D eigenvalue weighted by atomic mass is 19.4. The van der Waals surface area contributed by atoms with Gasteiger partial charge in [-0.2, -0.15) is 18.3 Å². The number of rotatable bonds is 5. The Balaban J connectivity index is 3.06. The van der Waals surface area contributed by atoms with E-state index in [1.165, 1.54) is 13.8 Å². The minimum Gasteiger partial charge on any atom is -0.466 e. The number of hydrogen-bond donors (Lipinski definition) is 0. The number of carbonyl (C=O) groups is 1. The van der Waals surface area contributed by atoms with Crippen molar-refractivity contribution in [3.63, 3.8) is 0 Å². The lowest BCUT2D eigenvalue weighted by Gasteiger charge is -2.19. The van der Waals surface area contributed by atoms with E-state index in [1.54, 1.807) is 0 Å². The van der Waals surface area contributed by atoms with Crippen molar-refractivity contribution in [2.45, 2.75) is 38.9 Å². The molecular formula is C11H13F5N2O2. The van der Waals surface area contributed by atoms with Crippen molar-refractivity contribution in [1.82, 2.24) is 9.78 Å². The van der Waals surface area contributed by atoms with Crippen LogP contribution in [0.2, 0.25) is 0 Å². The third-order valence-corrected chi connectivity index (χ3v) is 2.52. The van der Waals surface area contributed by atoms with Gasteiger partial charge in [0.05, 0.1) is 13.0 Å². The van der Waals surface area contributed by atoms with Gasteiger partial charge in [0.15, 0.2) is 6.04 Å². The van der Waals surface area contributed by atoms with Crippen molar-refractivity contribution in [1.29, 1.82) is 0 Å². The van der Waals surface area contributed by atoms with Crippen molar-refractivity contribution in [3.05, 3.63) is 17.5 Å². The molecule has 1 rings (SSSR count). The monoisotopic (exact) mass is 300 g/mol. The molecule has 0 saturated heterocycles. The predicted molar refractivity (Wildman–Crippen MR) is 58.3 cm³/mol. The van der Waals surface area contributed by atoms with Crippen molar-refractivity contribution < 1.29 is 31.5 Å². The van der Waals surface area contributed by atoms with Gasteiger partial charge in [0.25, 0.3) is 6.43 Å². The molecule has 1 aromatic heterocycles. The summed E-state index contributed by atoms with van der Waals surface area (Å²) in [6.07, 6.45) is -7.95. The Hall–Kier alpha value is -1.67. The molecule has 0 aliphatic carbocycles. The van der Waals surface area contributed by atoms with Gasteiger partial charge in [0, 0.05) is 6.20 Å². The molecular weight excluding hydrogens is 287 g/mol. The summed E-state index contributed by atoms with van der Waals surface area (Å²) in [5.74, 6) is -1.07. The van der Waals surface area contributed by atoms with Crippen molar-refractivity contribution in [3.8, 4) is 0 Å². The van der Waals surface area contributed by atoms with Crippen LogP contribution in [0.1, 0.15) is 37.1 Å². The lowest BCUT2D eigenvalue weighted by Crippen LogP contribution is -2.30. The first-order valence-electron chi connectivity index (χ1n) is 5.73. The van der Waals surface area contributed by atoms with Gasteiger partial charge in [-0.1, -0.05) is 0 Å². The van der Waals surface area contributed by atoms with E-state index >= 15 is 0 Å². The quantitative estimate of drug-likeness (QED) is 0.619. The molecule has 1 unspecified atom stereocenters. The van der Waals surface area contributed by atoms with Crippen LogP contribution in [-0.2, 0) is 9.53 Å². The van der Waals surface area contributed by atoms with E-state index in [2.05, 4.69) is 9.84 Å². The summed E-state index contributed by atoms with van der Waals surface area (Å²) >= 11 is 0. The van der Waals surface area contributed by atoms with Gasteiger partial charge in [-0.25, -0.2) is 8.78 Å². The molecule has 1 aromatic rings. The first-order chi connectivity index (χ1) is 9.16. The summed E-state index contributed by atoms with van der Waals surface area (Å²) < 4.78 is 68.5. The summed E-state index contributed by atoms with van der Waals surface area (Å²) in [4.78, 5) is 11.2. The Bertz CT molecular complexity index is 470. The molecule has 0 aliphatic rings. The summed E-state index contributed by atoms with van der Waals surface area (Å²) in [6, 6.07) is -2.33. The number of aromatic nitrogens is 2. The van der Waals surface area contributed by atoms with Crippen LogP contribution in [0.5, 0.6) is 0 Å². The Morgan fingerprint density at radius 1 is 1.45 bits per heavy atom. The second-order valence-corrected chi connectivity index (χ2v) is 4.04. The summed E-state index contributed by atoms with van der Waals surface area (Å²) in [6.45, 7) is 2.61. The molecule has 0 bridgehead atoms. The Morgan fingerprint density at radius 3 is 2.45 bits per heavy atom. The number of alkyl halides is 5. The van der Waals surface area contributed by atoms with Gasteiger partial charge < -0.3 is 4.74 Å². The SMILES string of the molecule is CCOC(=O)CC(n1cc(C)c(C(F)F)n1)C(F)(F)F. The van der Waals surface area contributed by atoms with E-state index in [1.807, 2.05) is 0 Å². The molecule has 0 saturated carbocycles. The third-order valence-electron chi connectivity index (χ3n) is 2.52. The maximum atomic E-state index is 12.9. The second-order valence-electron chi connectivity index (χ2n) is 4.04. The molecule has 0 aliphatic heterocycles. The van der Waals surface area contributed by atoms with Crippen LogP contribution in [0.4, 0.5) is 22.0 Å². The molecule has 0 amide bonds. The number of halogens is 5. The first-order valence-corrected chi connectivity index (χ1v) is 5.73. The topological polar surface area (TPSA) is 44.1 Å². The number of nitrogens with zero attached hydrogens (tertiary/aromatic N) is 2. The van der Waals surface area contributed by atoms with Crippen molar-refractivity contribution in [2.75, 3.05) is 6.61 Å². The van der Waals surface area contributed by atoms with Crippen LogP contribution in [-0.4, -0.2) is 28.5 Å². The van der Waals surface area contributed by atoms with E-state index in [4.69, 9.17) is 0 Å². The number of aryl methyl sites for hydroxylation is 1. The van der Waals surface area contributed by atoms with Gasteiger partial charge >= 0.3 is 12.1 Å². The molecule has 0 aromatic carbocycles.